The fourth-order valence-electron chi connectivity index (χ4n) is 2.97. The second kappa shape index (κ2) is 8.53. The van der Waals surface area contributed by atoms with Gasteiger partial charge in [0.1, 0.15) is 11.5 Å². The van der Waals surface area contributed by atoms with Gasteiger partial charge in [-0.05, 0) is 48.0 Å². The van der Waals surface area contributed by atoms with Gasteiger partial charge < -0.3 is 9.47 Å². The molecule has 0 aromatic heterocycles. The molecule has 3 aromatic rings. The zero-order chi connectivity index (χ0) is 22.0. The van der Waals surface area contributed by atoms with E-state index in [-0.39, 0.29) is 29.6 Å². The van der Waals surface area contributed by atoms with E-state index in [0.29, 0.717) is 28.2 Å². The third-order valence-electron chi connectivity index (χ3n) is 4.58. The Bertz CT molecular complexity index is 1220. The molecule has 0 N–H and O–H groups in total. The average Bonchev–Trinajstić information content (AvgIpc) is 3.07. The van der Waals surface area contributed by atoms with Crippen LogP contribution >= 0.6 is 15.9 Å². The number of nitro benzene ring substituents is 1. The van der Waals surface area contributed by atoms with E-state index in [0.717, 1.165) is 4.47 Å². The molecular formula is C23H14BrNO6. The molecule has 1 aliphatic rings. The molecule has 0 saturated carbocycles. The molecule has 3 aromatic carbocycles. The van der Waals surface area contributed by atoms with Crippen LogP contribution in [0.2, 0.25) is 0 Å². The van der Waals surface area contributed by atoms with Crippen LogP contribution in [-0.2, 0) is 0 Å². The first-order valence-electron chi connectivity index (χ1n) is 9.15. The number of benzene rings is 3. The second-order valence-corrected chi connectivity index (χ2v) is 7.58. The van der Waals surface area contributed by atoms with Crippen molar-refractivity contribution in [2.24, 2.45) is 0 Å². The van der Waals surface area contributed by atoms with Gasteiger partial charge in [0.05, 0.1) is 10.5 Å². The number of carbonyl (C=O) groups excluding carboxylic acids is 2. The highest BCUT2D eigenvalue weighted by Crippen LogP contribution is 2.35. The van der Waals surface area contributed by atoms with Crippen LogP contribution < -0.4 is 9.47 Å². The summed E-state index contributed by atoms with van der Waals surface area (Å²) in [4.78, 5) is 35.1. The molecule has 4 rings (SSSR count). The number of non-ortho nitro benzene ring substituents is 1. The van der Waals surface area contributed by atoms with Crippen molar-refractivity contribution >= 4 is 39.3 Å². The molecule has 1 aliphatic heterocycles. The number of nitro groups is 1. The topological polar surface area (TPSA) is 95.7 Å². The van der Waals surface area contributed by atoms with Crippen LogP contribution in [0.15, 0.2) is 77.0 Å². The number of hydrogen-bond donors (Lipinski definition) is 0. The highest BCUT2D eigenvalue weighted by molar-refractivity contribution is 9.10. The predicted molar refractivity (Wildman–Crippen MR) is 116 cm³/mol. The Hall–Kier alpha value is -3.78. The van der Waals surface area contributed by atoms with Gasteiger partial charge in [-0.25, -0.2) is 0 Å². The maximum atomic E-state index is 12.6. The molecular weight excluding hydrogens is 466 g/mol. The molecule has 0 amide bonds. The molecule has 0 aliphatic carbocycles. The molecule has 1 heterocycles. The van der Waals surface area contributed by atoms with Crippen LogP contribution in [0.3, 0.4) is 0 Å². The molecule has 0 radical (unpaired) electrons. The van der Waals surface area contributed by atoms with Gasteiger partial charge in [0.15, 0.2) is 18.1 Å². The normalized spacial score (nSPS) is 13.6. The number of hydrogen-bond acceptors (Lipinski definition) is 6. The van der Waals surface area contributed by atoms with Crippen molar-refractivity contribution in [2.75, 3.05) is 6.61 Å². The predicted octanol–water partition coefficient (Wildman–Crippen LogP) is 5.24. The second-order valence-electron chi connectivity index (χ2n) is 6.67. The lowest BCUT2D eigenvalue weighted by Crippen LogP contribution is -2.11. The van der Waals surface area contributed by atoms with Crippen LogP contribution in [-0.4, -0.2) is 23.1 Å². The quantitative estimate of drug-likeness (QED) is 0.207. The summed E-state index contributed by atoms with van der Waals surface area (Å²) in [5.41, 5.74) is 1.46. The smallest absolute Gasteiger partial charge is 0.269 e. The summed E-state index contributed by atoms with van der Waals surface area (Å²) in [7, 11) is 0. The lowest BCUT2D eigenvalue weighted by atomic mass is 10.1. The van der Waals surface area contributed by atoms with Crippen LogP contribution in [0.25, 0.3) is 6.08 Å². The summed E-state index contributed by atoms with van der Waals surface area (Å²) >= 11 is 3.32. The van der Waals surface area contributed by atoms with Gasteiger partial charge in [0.2, 0.25) is 5.78 Å². The highest BCUT2D eigenvalue weighted by Gasteiger charge is 2.28. The Balaban J connectivity index is 1.45. The molecule has 8 heteroatoms. The van der Waals surface area contributed by atoms with E-state index in [1.54, 1.807) is 42.5 Å². The molecule has 0 bridgehead atoms. The zero-order valence-corrected chi connectivity index (χ0v) is 17.5. The summed E-state index contributed by atoms with van der Waals surface area (Å²) in [5, 5.41) is 10.8. The average molecular weight is 480 g/mol. The first kappa shape index (κ1) is 20.5. The number of ether oxygens (including phenoxy) is 2. The number of ketones is 2. The van der Waals surface area contributed by atoms with E-state index in [1.165, 1.54) is 30.3 Å². The van der Waals surface area contributed by atoms with Crippen LogP contribution in [0, 0.1) is 10.1 Å². The van der Waals surface area contributed by atoms with E-state index >= 15 is 0 Å². The van der Waals surface area contributed by atoms with Gasteiger partial charge >= 0.3 is 0 Å². The maximum Gasteiger partial charge on any atom is 0.269 e. The SMILES string of the molecule is O=C(COc1ccc2c(c1)O/C(=C\c1ccc([N+](=O)[O-])cc1)C2=O)c1ccc(Br)cc1. The lowest BCUT2D eigenvalue weighted by molar-refractivity contribution is -0.384. The van der Waals surface area contributed by atoms with Crippen molar-refractivity contribution in [2.45, 2.75) is 0 Å². The minimum absolute atomic E-state index is 0.0384. The van der Waals surface area contributed by atoms with E-state index < -0.39 is 4.92 Å². The first-order chi connectivity index (χ1) is 14.9. The Morgan fingerprint density at radius 2 is 1.77 bits per heavy atom. The molecule has 0 fully saturated rings. The van der Waals surface area contributed by atoms with E-state index in [1.807, 2.05) is 0 Å². The van der Waals surface area contributed by atoms with Crippen molar-refractivity contribution in [3.05, 3.63) is 104 Å². The Kier molecular flexibility index (Phi) is 5.64. The van der Waals surface area contributed by atoms with E-state index in [2.05, 4.69) is 15.9 Å². The summed E-state index contributed by atoms with van der Waals surface area (Å²) in [6, 6.07) is 17.5. The van der Waals surface area contributed by atoms with Crippen molar-refractivity contribution < 1.29 is 24.0 Å². The number of fused-ring (bicyclic) bond motifs is 1. The molecule has 0 spiro atoms. The number of halogens is 1. The van der Waals surface area contributed by atoms with Gasteiger partial charge in [0.25, 0.3) is 5.69 Å². The van der Waals surface area contributed by atoms with Crippen molar-refractivity contribution in [3.63, 3.8) is 0 Å². The number of allylic oxidation sites excluding steroid dienone is 1. The van der Waals surface area contributed by atoms with Crippen LogP contribution in [0.4, 0.5) is 5.69 Å². The lowest BCUT2D eigenvalue weighted by Gasteiger charge is -2.07. The highest BCUT2D eigenvalue weighted by atomic mass is 79.9. The van der Waals surface area contributed by atoms with Gasteiger partial charge in [-0.2, -0.15) is 0 Å². The molecule has 0 unspecified atom stereocenters. The molecule has 154 valence electrons. The number of nitrogens with zero attached hydrogens (tertiary/aromatic N) is 1. The molecule has 7 nitrogen and oxygen atoms in total. The van der Waals surface area contributed by atoms with E-state index in [9.17, 15) is 19.7 Å². The number of Topliss-reactive ketones (excluding diaryl/α,β-unsaturated/α-hetero) is 2. The van der Waals surface area contributed by atoms with Gasteiger partial charge in [-0.15, -0.1) is 0 Å². The fourth-order valence-corrected chi connectivity index (χ4v) is 3.23. The fraction of sp³-hybridized carbons (Fsp3) is 0.0435. The minimum Gasteiger partial charge on any atom is -0.485 e. The number of carbonyl (C=O) groups is 2. The molecule has 0 saturated heterocycles. The molecule has 31 heavy (non-hydrogen) atoms. The Morgan fingerprint density at radius 3 is 2.45 bits per heavy atom. The number of rotatable bonds is 6. The maximum absolute atomic E-state index is 12.6. The van der Waals surface area contributed by atoms with E-state index in [4.69, 9.17) is 9.47 Å². The van der Waals surface area contributed by atoms with Gasteiger partial charge in [-0.1, -0.05) is 28.1 Å². The van der Waals surface area contributed by atoms with Crippen molar-refractivity contribution in [3.8, 4) is 11.5 Å². The summed E-state index contributed by atoms with van der Waals surface area (Å²) < 4.78 is 12.1. The summed E-state index contributed by atoms with van der Waals surface area (Å²) in [6.45, 7) is -0.153. The third-order valence-corrected chi connectivity index (χ3v) is 5.11. The van der Waals surface area contributed by atoms with Gasteiger partial charge in [-0.3, -0.25) is 19.7 Å². The van der Waals surface area contributed by atoms with Crippen molar-refractivity contribution in [1.82, 2.24) is 0 Å². The first-order valence-corrected chi connectivity index (χ1v) is 9.94. The third kappa shape index (κ3) is 4.54. The Morgan fingerprint density at radius 1 is 1.06 bits per heavy atom. The van der Waals surface area contributed by atoms with Crippen LogP contribution in [0.1, 0.15) is 26.3 Å². The summed E-state index contributed by atoms with van der Waals surface area (Å²) in [5.74, 6) is 0.349. The standard InChI is InChI=1S/C23H14BrNO6/c24-16-5-3-15(4-6-16)20(26)13-30-18-9-10-19-21(12-18)31-22(23(19)27)11-14-1-7-17(8-2-14)25(28)29/h1-12H,13H2/b22-11-. The monoisotopic (exact) mass is 479 g/mol. The molecule has 0 atom stereocenters. The Labute approximate surface area is 185 Å². The van der Waals surface area contributed by atoms with Crippen LogP contribution in [0.5, 0.6) is 11.5 Å². The van der Waals surface area contributed by atoms with Gasteiger partial charge in [0, 0.05) is 28.2 Å². The van der Waals surface area contributed by atoms with Crippen molar-refractivity contribution in [1.29, 1.82) is 0 Å². The summed E-state index contributed by atoms with van der Waals surface area (Å²) in [6.07, 6.45) is 1.52. The zero-order valence-electron chi connectivity index (χ0n) is 15.9. The largest absolute Gasteiger partial charge is 0.485 e. The minimum atomic E-state index is -0.493.